The second kappa shape index (κ2) is 4.41. The van der Waals surface area contributed by atoms with Gasteiger partial charge in [0.15, 0.2) is 0 Å². The van der Waals surface area contributed by atoms with Crippen molar-refractivity contribution in [1.29, 1.82) is 0 Å². The lowest BCUT2D eigenvalue weighted by Gasteiger charge is -2.23. The van der Waals surface area contributed by atoms with Crippen LogP contribution in [0.5, 0.6) is 0 Å². The lowest BCUT2D eigenvalue weighted by atomic mass is 10.0. The number of carboxylic acid groups (broad SMARTS) is 1. The molecule has 0 aliphatic heterocycles. The van der Waals surface area contributed by atoms with Gasteiger partial charge in [-0.2, -0.15) is 0 Å². The number of hydrogen-bond donors (Lipinski definition) is 2. The van der Waals surface area contributed by atoms with E-state index in [1.54, 1.807) is 20.8 Å². The van der Waals surface area contributed by atoms with Crippen molar-refractivity contribution >= 4 is 11.9 Å². The summed E-state index contributed by atoms with van der Waals surface area (Å²) in [6, 6.07) is -1.22. The predicted molar refractivity (Wildman–Crippen MR) is 50.6 cm³/mol. The van der Waals surface area contributed by atoms with Gasteiger partial charge in [0.2, 0.25) is 0 Å². The monoisotopic (exact) mass is 203 g/mol. The fraction of sp³-hybridized carbons (Fsp3) is 0.778. The Bertz CT molecular complexity index is 231. The standard InChI is InChI=1S/C9H17NO4/c1-5(6(10)7(11)12)8(13)14-9(2,3)4/h5-6H,10H2,1-4H3,(H,11,12)/t5?,6-/m0/s1. The minimum Gasteiger partial charge on any atom is -0.480 e. The van der Waals surface area contributed by atoms with Crippen LogP contribution in [0.25, 0.3) is 0 Å². The van der Waals surface area contributed by atoms with Gasteiger partial charge in [-0.3, -0.25) is 9.59 Å². The Morgan fingerprint density at radius 2 is 1.79 bits per heavy atom. The number of rotatable bonds is 3. The Morgan fingerprint density at radius 1 is 1.36 bits per heavy atom. The first kappa shape index (κ1) is 12.9. The maximum Gasteiger partial charge on any atom is 0.321 e. The third-order valence-corrected chi connectivity index (χ3v) is 1.60. The highest BCUT2D eigenvalue weighted by molar-refractivity contribution is 5.83. The summed E-state index contributed by atoms with van der Waals surface area (Å²) < 4.78 is 4.99. The first-order valence-corrected chi connectivity index (χ1v) is 4.36. The van der Waals surface area contributed by atoms with Gasteiger partial charge in [-0.15, -0.1) is 0 Å². The molecule has 0 saturated heterocycles. The van der Waals surface area contributed by atoms with Crippen LogP contribution in [0.4, 0.5) is 0 Å². The SMILES string of the molecule is CC(C(=O)OC(C)(C)C)[C@H](N)C(=O)O. The molecule has 0 rings (SSSR count). The number of hydrogen-bond acceptors (Lipinski definition) is 4. The summed E-state index contributed by atoms with van der Waals surface area (Å²) >= 11 is 0. The van der Waals surface area contributed by atoms with E-state index in [9.17, 15) is 9.59 Å². The van der Waals surface area contributed by atoms with E-state index in [1.165, 1.54) is 6.92 Å². The van der Waals surface area contributed by atoms with E-state index in [0.717, 1.165) is 0 Å². The maximum atomic E-state index is 11.3. The predicted octanol–water partition coefficient (Wildman–Crippen LogP) is 0.376. The summed E-state index contributed by atoms with van der Waals surface area (Å²) in [4.78, 5) is 21.8. The Morgan fingerprint density at radius 3 is 2.07 bits per heavy atom. The summed E-state index contributed by atoms with van der Waals surface area (Å²) in [6.45, 7) is 6.57. The number of carbonyl (C=O) groups excluding carboxylic acids is 1. The van der Waals surface area contributed by atoms with E-state index in [0.29, 0.717) is 0 Å². The zero-order valence-electron chi connectivity index (χ0n) is 8.90. The Labute approximate surface area is 83.2 Å². The molecule has 0 heterocycles. The number of aliphatic carboxylic acids is 1. The molecule has 0 bridgehead atoms. The van der Waals surface area contributed by atoms with Crippen LogP contribution >= 0.6 is 0 Å². The van der Waals surface area contributed by atoms with Gasteiger partial charge in [0, 0.05) is 0 Å². The molecule has 0 aliphatic carbocycles. The Balaban J connectivity index is 4.33. The molecule has 5 heteroatoms. The van der Waals surface area contributed by atoms with Crippen molar-refractivity contribution in [3.8, 4) is 0 Å². The number of carboxylic acids is 1. The summed E-state index contributed by atoms with van der Waals surface area (Å²) in [5, 5.41) is 8.57. The zero-order chi connectivity index (χ0) is 11.5. The van der Waals surface area contributed by atoms with Crippen molar-refractivity contribution in [3.63, 3.8) is 0 Å². The molecule has 1 unspecified atom stereocenters. The third kappa shape index (κ3) is 4.23. The molecule has 0 aromatic heterocycles. The molecular weight excluding hydrogens is 186 g/mol. The van der Waals surface area contributed by atoms with Gasteiger partial charge in [-0.1, -0.05) is 0 Å². The molecule has 0 radical (unpaired) electrons. The topological polar surface area (TPSA) is 89.6 Å². The van der Waals surface area contributed by atoms with Gasteiger partial charge in [-0.25, -0.2) is 0 Å². The lowest BCUT2D eigenvalue weighted by Crippen LogP contribution is -2.42. The van der Waals surface area contributed by atoms with Gasteiger partial charge < -0.3 is 15.6 Å². The van der Waals surface area contributed by atoms with Crippen molar-refractivity contribution in [2.24, 2.45) is 11.7 Å². The fourth-order valence-electron chi connectivity index (χ4n) is 0.755. The number of esters is 1. The van der Waals surface area contributed by atoms with Gasteiger partial charge in [0.25, 0.3) is 0 Å². The minimum absolute atomic E-state index is 0.590. The third-order valence-electron chi connectivity index (χ3n) is 1.60. The number of ether oxygens (including phenoxy) is 1. The smallest absolute Gasteiger partial charge is 0.321 e. The van der Waals surface area contributed by atoms with Crippen LogP contribution < -0.4 is 5.73 Å². The van der Waals surface area contributed by atoms with E-state index in [-0.39, 0.29) is 0 Å². The van der Waals surface area contributed by atoms with E-state index < -0.39 is 29.5 Å². The quantitative estimate of drug-likeness (QED) is 0.647. The van der Waals surface area contributed by atoms with Crippen LogP contribution in [0.1, 0.15) is 27.7 Å². The van der Waals surface area contributed by atoms with Gasteiger partial charge >= 0.3 is 11.9 Å². The molecule has 0 fully saturated rings. The molecule has 14 heavy (non-hydrogen) atoms. The molecule has 0 amide bonds. The molecule has 0 saturated carbocycles. The first-order chi connectivity index (χ1) is 6.15. The van der Waals surface area contributed by atoms with Crippen molar-refractivity contribution in [2.45, 2.75) is 39.3 Å². The van der Waals surface area contributed by atoms with E-state index >= 15 is 0 Å². The van der Waals surface area contributed by atoms with Crippen LogP contribution in [0, 0.1) is 5.92 Å². The average Bonchev–Trinajstić information content (AvgIpc) is 1.98. The van der Waals surface area contributed by atoms with Crippen LogP contribution in [0.3, 0.4) is 0 Å². The second-order valence-electron chi connectivity index (χ2n) is 4.19. The van der Waals surface area contributed by atoms with Gasteiger partial charge in [-0.05, 0) is 27.7 Å². The zero-order valence-corrected chi connectivity index (χ0v) is 8.90. The van der Waals surface area contributed by atoms with Crippen molar-refractivity contribution in [2.75, 3.05) is 0 Å². The number of carbonyl (C=O) groups is 2. The molecule has 0 aromatic rings. The summed E-state index contributed by atoms with van der Waals surface area (Å²) in [7, 11) is 0. The second-order valence-corrected chi connectivity index (χ2v) is 4.19. The molecule has 3 N–H and O–H groups in total. The van der Waals surface area contributed by atoms with E-state index in [4.69, 9.17) is 15.6 Å². The maximum absolute atomic E-state index is 11.3. The molecule has 0 spiro atoms. The molecule has 2 atom stereocenters. The Kier molecular flexibility index (Phi) is 4.07. The van der Waals surface area contributed by atoms with Crippen LogP contribution in [-0.4, -0.2) is 28.7 Å². The highest BCUT2D eigenvalue weighted by atomic mass is 16.6. The minimum atomic E-state index is -1.22. The van der Waals surface area contributed by atoms with Gasteiger partial charge in [0.05, 0.1) is 5.92 Å². The molecular formula is C9H17NO4. The summed E-state index contributed by atoms with van der Waals surface area (Å²) in [5.41, 5.74) is 4.66. The molecule has 5 nitrogen and oxygen atoms in total. The highest BCUT2D eigenvalue weighted by Gasteiger charge is 2.30. The summed E-state index contributed by atoms with van der Waals surface area (Å²) in [5.74, 6) is -2.64. The van der Waals surface area contributed by atoms with E-state index in [2.05, 4.69) is 0 Å². The number of nitrogens with two attached hydrogens (primary N) is 1. The average molecular weight is 203 g/mol. The van der Waals surface area contributed by atoms with Crippen LogP contribution in [0.15, 0.2) is 0 Å². The van der Waals surface area contributed by atoms with Crippen molar-refractivity contribution in [3.05, 3.63) is 0 Å². The largest absolute Gasteiger partial charge is 0.480 e. The van der Waals surface area contributed by atoms with Crippen LogP contribution in [-0.2, 0) is 14.3 Å². The normalized spacial score (nSPS) is 15.8. The van der Waals surface area contributed by atoms with Crippen molar-refractivity contribution < 1.29 is 19.4 Å². The van der Waals surface area contributed by atoms with E-state index in [1.807, 2.05) is 0 Å². The highest BCUT2D eigenvalue weighted by Crippen LogP contribution is 2.12. The Hall–Kier alpha value is -1.10. The molecule has 0 aromatic carbocycles. The van der Waals surface area contributed by atoms with Crippen molar-refractivity contribution in [1.82, 2.24) is 0 Å². The molecule has 82 valence electrons. The van der Waals surface area contributed by atoms with Gasteiger partial charge in [0.1, 0.15) is 11.6 Å². The summed E-state index contributed by atoms with van der Waals surface area (Å²) in [6.07, 6.45) is 0. The first-order valence-electron chi connectivity index (χ1n) is 4.36. The lowest BCUT2D eigenvalue weighted by molar-refractivity contribution is -0.163. The molecule has 0 aliphatic rings. The van der Waals surface area contributed by atoms with Crippen LogP contribution in [0.2, 0.25) is 0 Å². The fourth-order valence-corrected chi connectivity index (χ4v) is 0.755.